The monoisotopic (exact) mass is 206 g/mol. The van der Waals surface area contributed by atoms with Gasteiger partial charge in [-0.05, 0) is 42.0 Å². The molecule has 0 N–H and O–H groups in total. The Morgan fingerprint density at radius 1 is 1.33 bits per heavy atom. The molecule has 0 radical (unpaired) electrons. The van der Waals surface area contributed by atoms with Gasteiger partial charge in [-0.15, -0.1) is 6.58 Å². The molecule has 1 aliphatic rings. The van der Waals surface area contributed by atoms with Crippen molar-refractivity contribution in [2.24, 2.45) is 0 Å². The van der Waals surface area contributed by atoms with E-state index in [4.69, 9.17) is 0 Å². The first-order chi connectivity index (χ1) is 7.22. The quantitative estimate of drug-likeness (QED) is 0.644. The first-order valence-corrected chi connectivity index (χ1v) is 5.00. The molecule has 0 saturated carbocycles. The average molecular weight is 206 g/mol. The molecule has 78 valence electrons. The fraction of sp³-hybridized carbons (Fsp3) is 0.231. The van der Waals surface area contributed by atoms with Crippen LogP contribution in [0.5, 0.6) is 0 Å². The zero-order valence-electron chi connectivity index (χ0n) is 8.39. The van der Waals surface area contributed by atoms with E-state index in [-0.39, 0.29) is 0 Å². The summed E-state index contributed by atoms with van der Waals surface area (Å²) < 4.78 is 26.5. The van der Waals surface area contributed by atoms with Crippen molar-refractivity contribution >= 4 is 5.57 Å². The van der Waals surface area contributed by atoms with Crippen molar-refractivity contribution in [3.8, 4) is 0 Å². The first-order valence-electron chi connectivity index (χ1n) is 5.00. The Hall–Kier alpha value is -1.44. The molecule has 1 aromatic carbocycles. The largest absolute Gasteiger partial charge is 0.207 e. The first kappa shape index (κ1) is 10.1. The lowest BCUT2D eigenvalue weighted by Gasteiger charge is -2.17. The van der Waals surface area contributed by atoms with E-state index in [1.54, 1.807) is 6.08 Å². The van der Waals surface area contributed by atoms with Gasteiger partial charge in [0.05, 0.1) is 0 Å². The number of hydrogen-bond acceptors (Lipinski definition) is 0. The van der Waals surface area contributed by atoms with Crippen molar-refractivity contribution in [1.82, 2.24) is 0 Å². The van der Waals surface area contributed by atoms with Crippen LogP contribution in [0.1, 0.15) is 24.0 Å². The third-order valence-electron chi connectivity index (χ3n) is 2.66. The lowest BCUT2D eigenvalue weighted by molar-refractivity contribution is 0.569. The van der Waals surface area contributed by atoms with Gasteiger partial charge in [-0.2, -0.15) is 0 Å². The fourth-order valence-corrected chi connectivity index (χ4v) is 1.99. The minimum absolute atomic E-state index is 0.431. The second-order valence-corrected chi connectivity index (χ2v) is 3.67. The predicted octanol–water partition coefficient (Wildman–Crippen LogP) is 3.87. The van der Waals surface area contributed by atoms with Crippen LogP contribution in [-0.4, -0.2) is 0 Å². The number of benzene rings is 1. The molecule has 0 heterocycles. The van der Waals surface area contributed by atoms with Crippen LogP contribution in [0, 0.1) is 11.6 Å². The Labute approximate surface area is 87.9 Å². The van der Waals surface area contributed by atoms with Gasteiger partial charge in [0.1, 0.15) is 11.6 Å². The molecule has 2 rings (SSSR count). The summed E-state index contributed by atoms with van der Waals surface area (Å²) in [6.07, 6.45) is 5.92. The highest BCUT2D eigenvalue weighted by atomic mass is 19.1. The summed E-state index contributed by atoms with van der Waals surface area (Å²) in [6, 6.07) is 2.36. The van der Waals surface area contributed by atoms with Crippen molar-refractivity contribution < 1.29 is 8.78 Å². The topological polar surface area (TPSA) is 0 Å². The maximum Gasteiger partial charge on any atom is 0.129 e. The van der Waals surface area contributed by atoms with E-state index in [9.17, 15) is 8.78 Å². The van der Waals surface area contributed by atoms with Crippen LogP contribution in [0.15, 0.2) is 30.9 Å². The van der Waals surface area contributed by atoms with Gasteiger partial charge in [-0.25, -0.2) is 8.78 Å². The lowest BCUT2D eigenvalue weighted by Crippen LogP contribution is -2.03. The Morgan fingerprint density at radius 3 is 2.87 bits per heavy atom. The van der Waals surface area contributed by atoms with Crippen molar-refractivity contribution in [1.29, 1.82) is 0 Å². The highest BCUT2D eigenvalue weighted by molar-refractivity contribution is 5.71. The molecule has 1 aliphatic carbocycles. The van der Waals surface area contributed by atoms with Gasteiger partial charge in [0.15, 0.2) is 0 Å². The molecular formula is C13H12F2. The molecule has 15 heavy (non-hydrogen) atoms. The number of allylic oxidation sites excluding steroid dienone is 3. The third-order valence-corrected chi connectivity index (χ3v) is 2.66. The molecule has 0 bridgehead atoms. The smallest absolute Gasteiger partial charge is 0.129 e. The van der Waals surface area contributed by atoms with Crippen LogP contribution in [-0.2, 0) is 6.42 Å². The molecule has 0 atom stereocenters. The van der Waals surface area contributed by atoms with Crippen LogP contribution < -0.4 is 0 Å². The Morgan fingerprint density at radius 2 is 2.13 bits per heavy atom. The number of fused-ring (bicyclic) bond motifs is 1. The van der Waals surface area contributed by atoms with Gasteiger partial charge in [-0.1, -0.05) is 12.2 Å². The minimum Gasteiger partial charge on any atom is -0.207 e. The Balaban J connectivity index is 2.53. The third kappa shape index (κ3) is 1.84. The minimum atomic E-state index is -0.511. The summed E-state index contributed by atoms with van der Waals surface area (Å²) in [4.78, 5) is 0. The standard InChI is InChI=1S/C13H12F2/c1-2-4-9-5-3-6-11-12(9)7-10(14)8-13(11)15/h2,5,7-8H,1,3-4,6H2. The summed E-state index contributed by atoms with van der Waals surface area (Å²) in [5, 5.41) is 0. The number of halogens is 2. The van der Waals surface area contributed by atoms with E-state index >= 15 is 0 Å². The van der Waals surface area contributed by atoms with Crippen molar-refractivity contribution in [3.63, 3.8) is 0 Å². The molecule has 0 fully saturated rings. The summed E-state index contributed by atoms with van der Waals surface area (Å²) in [6.45, 7) is 3.64. The van der Waals surface area contributed by atoms with Gasteiger partial charge >= 0.3 is 0 Å². The normalized spacial score (nSPS) is 14.4. The maximum atomic E-state index is 13.5. The summed E-state index contributed by atoms with van der Waals surface area (Å²) in [5.74, 6) is -0.942. The highest BCUT2D eigenvalue weighted by Crippen LogP contribution is 2.31. The van der Waals surface area contributed by atoms with Gasteiger partial charge < -0.3 is 0 Å². The van der Waals surface area contributed by atoms with E-state index in [2.05, 4.69) is 6.58 Å². The summed E-state index contributed by atoms with van der Waals surface area (Å²) in [5.41, 5.74) is 2.32. The van der Waals surface area contributed by atoms with Crippen molar-refractivity contribution in [2.75, 3.05) is 0 Å². The van der Waals surface area contributed by atoms with E-state index in [0.29, 0.717) is 24.0 Å². The average Bonchev–Trinajstić information content (AvgIpc) is 2.19. The highest BCUT2D eigenvalue weighted by Gasteiger charge is 2.16. The van der Waals surface area contributed by atoms with Gasteiger partial charge in [0.25, 0.3) is 0 Å². The lowest BCUT2D eigenvalue weighted by atomic mass is 9.89. The maximum absolute atomic E-state index is 13.5. The molecule has 0 spiro atoms. The van der Waals surface area contributed by atoms with E-state index in [0.717, 1.165) is 18.1 Å². The molecule has 2 heteroatoms. The Bertz CT molecular complexity index is 430. The zero-order valence-corrected chi connectivity index (χ0v) is 8.39. The molecular weight excluding hydrogens is 194 g/mol. The Kier molecular flexibility index (Phi) is 2.67. The fourth-order valence-electron chi connectivity index (χ4n) is 1.99. The van der Waals surface area contributed by atoms with Crippen molar-refractivity contribution in [3.05, 3.63) is 53.6 Å². The van der Waals surface area contributed by atoms with Crippen LogP contribution in [0.4, 0.5) is 8.78 Å². The van der Waals surface area contributed by atoms with E-state index in [1.807, 2.05) is 6.08 Å². The van der Waals surface area contributed by atoms with E-state index < -0.39 is 11.6 Å². The molecule has 1 aromatic rings. The summed E-state index contributed by atoms with van der Waals surface area (Å²) in [7, 11) is 0. The second-order valence-electron chi connectivity index (χ2n) is 3.67. The number of hydrogen-bond donors (Lipinski definition) is 0. The predicted molar refractivity (Wildman–Crippen MR) is 57.5 cm³/mol. The van der Waals surface area contributed by atoms with Crippen molar-refractivity contribution in [2.45, 2.75) is 19.3 Å². The SMILES string of the molecule is C=CCC1=CCCc2c(F)cc(F)cc21. The number of rotatable bonds is 2. The van der Waals surface area contributed by atoms with Crippen LogP contribution in [0.25, 0.3) is 5.57 Å². The molecule has 0 unspecified atom stereocenters. The molecule has 0 amide bonds. The van der Waals surface area contributed by atoms with Gasteiger partial charge in [-0.3, -0.25) is 0 Å². The second kappa shape index (κ2) is 3.97. The summed E-state index contributed by atoms with van der Waals surface area (Å²) >= 11 is 0. The van der Waals surface area contributed by atoms with E-state index in [1.165, 1.54) is 6.07 Å². The van der Waals surface area contributed by atoms with Crippen LogP contribution in [0.2, 0.25) is 0 Å². The molecule has 0 saturated heterocycles. The van der Waals surface area contributed by atoms with Crippen LogP contribution >= 0.6 is 0 Å². The van der Waals surface area contributed by atoms with Crippen LogP contribution in [0.3, 0.4) is 0 Å². The molecule has 0 nitrogen and oxygen atoms in total. The van der Waals surface area contributed by atoms with Gasteiger partial charge in [0.2, 0.25) is 0 Å². The van der Waals surface area contributed by atoms with Gasteiger partial charge in [0, 0.05) is 6.07 Å². The molecule has 0 aromatic heterocycles. The molecule has 0 aliphatic heterocycles. The zero-order chi connectivity index (χ0) is 10.8.